The van der Waals surface area contributed by atoms with Gasteiger partial charge in [-0.25, -0.2) is 4.79 Å². The second-order valence-electron chi connectivity index (χ2n) is 5.62. The number of carbonyl (C=O) groups is 1. The number of esters is 1. The van der Waals surface area contributed by atoms with Crippen molar-refractivity contribution in [3.63, 3.8) is 0 Å². The monoisotopic (exact) mass is 352 g/mol. The normalized spacial score (nSPS) is 12.7. The Morgan fingerprint density at radius 1 is 1.15 bits per heavy atom. The summed E-state index contributed by atoms with van der Waals surface area (Å²) < 4.78 is 21.0. The van der Waals surface area contributed by atoms with Crippen molar-refractivity contribution >= 4 is 29.0 Å². The molecule has 2 aromatic carbocycles. The van der Waals surface area contributed by atoms with Gasteiger partial charge in [0.15, 0.2) is 11.5 Å². The first-order valence-electron chi connectivity index (χ1n) is 7.92. The van der Waals surface area contributed by atoms with Gasteiger partial charge < -0.3 is 18.9 Å². The van der Waals surface area contributed by atoms with Crippen LogP contribution in [-0.2, 0) is 4.74 Å². The Morgan fingerprint density at radius 2 is 2.00 bits per heavy atom. The molecule has 1 aliphatic heterocycles. The quantitative estimate of drug-likeness (QED) is 0.726. The fraction of sp³-hybridized carbons (Fsp3) is 0.158. The van der Waals surface area contributed by atoms with Gasteiger partial charge in [0, 0.05) is 0 Å². The molecule has 0 unspecified atom stereocenters. The number of carbonyl (C=O) groups excluding carboxylic acids is 1. The Kier molecular flexibility index (Phi) is 3.96. The van der Waals surface area contributed by atoms with Crippen molar-refractivity contribution in [1.82, 2.24) is 10.2 Å². The van der Waals surface area contributed by atoms with Crippen molar-refractivity contribution < 1.29 is 23.7 Å². The number of hydrogen-bond donors (Lipinski definition) is 1. The van der Waals surface area contributed by atoms with Gasteiger partial charge in [-0.3, -0.25) is 5.10 Å². The molecule has 132 valence electrons. The van der Waals surface area contributed by atoms with Gasteiger partial charge in [0.1, 0.15) is 11.3 Å². The summed E-state index contributed by atoms with van der Waals surface area (Å²) in [5.74, 6) is 1.41. The molecule has 7 heteroatoms. The maximum absolute atomic E-state index is 12.0. The van der Waals surface area contributed by atoms with E-state index in [9.17, 15) is 4.79 Å². The molecule has 1 aromatic heterocycles. The van der Waals surface area contributed by atoms with Gasteiger partial charge in [-0.15, -0.1) is 0 Å². The van der Waals surface area contributed by atoms with Crippen LogP contribution in [0, 0.1) is 0 Å². The number of fused-ring (bicyclic) bond motifs is 2. The van der Waals surface area contributed by atoms with Gasteiger partial charge in [0.2, 0.25) is 6.79 Å². The van der Waals surface area contributed by atoms with E-state index in [0.29, 0.717) is 28.1 Å². The zero-order chi connectivity index (χ0) is 18.1. The van der Waals surface area contributed by atoms with Gasteiger partial charge in [0.05, 0.1) is 30.8 Å². The molecular weight excluding hydrogens is 336 g/mol. The summed E-state index contributed by atoms with van der Waals surface area (Å²) in [6, 6.07) is 9.10. The number of aromatic amines is 1. The zero-order valence-corrected chi connectivity index (χ0v) is 14.2. The highest BCUT2D eigenvalue weighted by molar-refractivity contribution is 6.03. The highest BCUT2D eigenvalue weighted by Gasteiger charge is 2.19. The van der Waals surface area contributed by atoms with E-state index in [4.69, 9.17) is 18.9 Å². The third-order valence-corrected chi connectivity index (χ3v) is 4.15. The summed E-state index contributed by atoms with van der Waals surface area (Å²) in [6.07, 6.45) is 3.75. The van der Waals surface area contributed by atoms with E-state index in [1.165, 1.54) is 14.2 Å². The maximum atomic E-state index is 12.0. The number of aromatic nitrogens is 2. The lowest BCUT2D eigenvalue weighted by atomic mass is 10.1. The first-order valence-corrected chi connectivity index (χ1v) is 7.92. The largest absolute Gasteiger partial charge is 0.495 e. The van der Waals surface area contributed by atoms with E-state index in [-0.39, 0.29) is 6.79 Å². The van der Waals surface area contributed by atoms with Crippen molar-refractivity contribution in [3.05, 3.63) is 47.2 Å². The Labute approximate surface area is 149 Å². The SMILES string of the molecule is COC(=O)c1ccc2[nH]nc(/C=C/c3ccc4c(c3)OCO4)c2c1OC. The number of nitrogens with zero attached hydrogens (tertiary/aromatic N) is 1. The average molecular weight is 352 g/mol. The van der Waals surface area contributed by atoms with E-state index in [0.717, 1.165) is 16.8 Å². The van der Waals surface area contributed by atoms with Crippen LogP contribution in [0.2, 0.25) is 0 Å². The van der Waals surface area contributed by atoms with Crippen molar-refractivity contribution in [2.45, 2.75) is 0 Å². The topological polar surface area (TPSA) is 82.7 Å². The highest BCUT2D eigenvalue weighted by atomic mass is 16.7. The summed E-state index contributed by atoms with van der Waals surface area (Å²) >= 11 is 0. The van der Waals surface area contributed by atoms with Crippen LogP contribution >= 0.6 is 0 Å². The minimum Gasteiger partial charge on any atom is -0.495 e. The van der Waals surface area contributed by atoms with Gasteiger partial charge in [-0.05, 0) is 35.9 Å². The lowest BCUT2D eigenvalue weighted by Gasteiger charge is -2.08. The number of ether oxygens (including phenoxy) is 4. The average Bonchev–Trinajstić information content (AvgIpc) is 3.31. The van der Waals surface area contributed by atoms with E-state index < -0.39 is 5.97 Å². The van der Waals surface area contributed by atoms with Crippen LogP contribution in [0.3, 0.4) is 0 Å². The molecule has 0 spiro atoms. The van der Waals surface area contributed by atoms with E-state index >= 15 is 0 Å². The third kappa shape index (κ3) is 2.63. The molecule has 0 fully saturated rings. The number of hydrogen-bond acceptors (Lipinski definition) is 6. The Morgan fingerprint density at radius 3 is 2.81 bits per heavy atom. The Balaban J connectivity index is 1.75. The van der Waals surface area contributed by atoms with Crippen LogP contribution in [0.1, 0.15) is 21.6 Å². The van der Waals surface area contributed by atoms with Crippen LogP contribution in [-0.4, -0.2) is 37.2 Å². The Hall–Kier alpha value is -3.48. The number of rotatable bonds is 4. The van der Waals surface area contributed by atoms with Gasteiger partial charge in [-0.1, -0.05) is 12.1 Å². The van der Waals surface area contributed by atoms with Crippen molar-refractivity contribution in [1.29, 1.82) is 0 Å². The number of H-pyrrole nitrogens is 1. The lowest BCUT2D eigenvalue weighted by molar-refractivity contribution is 0.0597. The molecule has 26 heavy (non-hydrogen) atoms. The standard InChI is InChI=1S/C19H16N2O5/c1-23-18-12(19(22)24-2)5-7-14-17(18)13(20-21-14)6-3-11-4-8-15-16(9-11)26-10-25-15/h3-9H,10H2,1-2H3,(H,20,21)/b6-3+. The number of nitrogens with one attached hydrogen (secondary N) is 1. The van der Waals surface area contributed by atoms with Crippen molar-refractivity contribution in [2.75, 3.05) is 21.0 Å². The molecule has 4 rings (SSSR count). The van der Waals surface area contributed by atoms with Crippen LogP contribution in [0.4, 0.5) is 0 Å². The zero-order valence-electron chi connectivity index (χ0n) is 14.2. The van der Waals surface area contributed by atoms with Crippen LogP contribution < -0.4 is 14.2 Å². The fourth-order valence-corrected chi connectivity index (χ4v) is 2.90. The molecule has 0 aliphatic carbocycles. The summed E-state index contributed by atoms with van der Waals surface area (Å²) in [4.78, 5) is 12.0. The molecular formula is C19H16N2O5. The van der Waals surface area contributed by atoms with Crippen molar-refractivity contribution in [2.24, 2.45) is 0 Å². The third-order valence-electron chi connectivity index (χ3n) is 4.15. The van der Waals surface area contributed by atoms with Gasteiger partial charge in [0.25, 0.3) is 0 Å². The molecule has 7 nitrogen and oxygen atoms in total. The summed E-state index contributed by atoms with van der Waals surface area (Å²) in [6.45, 7) is 0.236. The molecule has 0 radical (unpaired) electrons. The summed E-state index contributed by atoms with van der Waals surface area (Å²) in [5.41, 5.74) is 2.70. The summed E-state index contributed by atoms with van der Waals surface area (Å²) in [5, 5.41) is 7.98. The minimum atomic E-state index is -0.462. The first kappa shape index (κ1) is 16.0. The predicted octanol–water partition coefficient (Wildman–Crippen LogP) is 3.26. The predicted molar refractivity (Wildman–Crippen MR) is 95.5 cm³/mol. The molecule has 0 saturated heterocycles. The smallest absolute Gasteiger partial charge is 0.341 e. The minimum absolute atomic E-state index is 0.236. The van der Waals surface area contributed by atoms with Crippen molar-refractivity contribution in [3.8, 4) is 17.2 Å². The number of methoxy groups -OCH3 is 2. The van der Waals surface area contributed by atoms with Crippen LogP contribution in [0.5, 0.6) is 17.2 Å². The molecule has 2 heterocycles. The maximum Gasteiger partial charge on any atom is 0.341 e. The van der Waals surface area contributed by atoms with E-state index in [1.54, 1.807) is 12.1 Å². The van der Waals surface area contributed by atoms with Gasteiger partial charge >= 0.3 is 5.97 Å². The van der Waals surface area contributed by atoms with E-state index in [1.807, 2.05) is 30.4 Å². The molecule has 0 atom stereocenters. The lowest BCUT2D eigenvalue weighted by Crippen LogP contribution is -2.04. The van der Waals surface area contributed by atoms with Crippen LogP contribution in [0.25, 0.3) is 23.1 Å². The van der Waals surface area contributed by atoms with Gasteiger partial charge in [-0.2, -0.15) is 5.10 Å². The summed E-state index contributed by atoms with van der Waals surface area (Å²) in [7, 11) is 2.85. The second kappa shape index (κ2) is 6.44. The molecule has 0 bridgehead atoms. The molecule has 1 aliphatic rings. The highest BCUT2D eigenvalue weighted by Crippen LogP contribution is 2.34. The molecule has 3 aromatic rings. The van der Waals surface area contributed by atoms with Crippen LogP contribution in [0.15, 0.2) is 30.3 Å². The first-order chi connectivity index (χ1) is 12.7. The molecule has 1 N–H and O–H groups in total. The van der Waals surface area contributed by atoms with E-state index in [2.05, 4.69) is 10.2 Å². The Bertz CT molecular complexity index is 1020. The molecule has 0 amide bonds. The number of benzene rings is 2. The second-order valence-corrected chi connectivity index (χ2v) is 5.62. The molecule has 0 saturated carbocycles. The fourth-order valence-electron chi connectivity index (χ4n) is 2.90.